The summed E-state index contributed by atoms with van der Waals surface area (Å²) >= 11 is 2.92. The molecule has 0 aliphatic heterocycles. The molecular formula is C26H36N6OS2. The van der Waals surface area contributed by atoms with Crippen molar-refractivity contribution in [1.29, 1.82) is 0 Å². The van der Waals surface area contributed by atoms with E-state index >= 15 is 0 Å². The summed E-state index contributed by atoms with van der Waals surface area (Å²) in [5.74, 6) is 1.22. The van der Waals surface area contributed by atoms with Gasteiger partial charge in [0.05, 0.1) is 17.5 Å². The summed E-state index contributed by atoms with van der Waals surface area (Å²) in [6.45, 7) is 6.39. The van der Waals surface area contributed by atoms with Gasteiger partial charge in [-0.15, -0.1) is 21.5 Å². The van der Waals surface area contributed by atoms with Crippen LogP contribution in [0.2, 0.25) is 0 Å². The van der Waals surface area contributed by atoms with E-state index in [4.69, 9.17) is 0 Å². The van der Waals surface area contributed by atoms with Crippen LogP contribution in [0.4, 0.5) is 5.13 Å². The maximum atomic E-state index is 12.8. The number of amides is 1. The summed E-state index contributed by atoms with van der Waals surface area (Å²) in [6, 6.07) is 6.94. The van der Waals surface area contributed by atoms with Crippen LogP contribution in [-0.4, -0.2) is 50.4 Å². The molecule has 188 valence electrons. The van der Waals surface area contributed by atoms with Crippen LogP contribution >= 0.6 is 23.1 Å². The third-order valence-corrected chi connectivity index (χ3v) is 8.53. The molecule has 1 aliphatic rings. The minimum atomic E-state index is -0.0737. The lowest BCUT2D eigenvalue weighted by Crippen LogP contribution is -2.26. The molecule has 1 saturated carbocycles. The molecule has 1 aliphatic carbocycles. The fourth-order valence-electron chi connectivity index (χ4n) is 4.73. The smallest absolute Gasteiger partial charge is 0.236 e. The zero-order valence-corrected chi connectivity index (χ0v) is 23.0. The molecule has 1 N–H and O–H groups in total. The van der Waals surface area contributed by atoms with E-state index in [9.17, 15) is 4.79 Å². The highest BCUT2D eigenvalue weighted by Crippen LogP contribution is 2.35. The number of nitrogens with zero attached hydrogens (tertiary/aromatic N) is 5. The van der Waals surface area contributed by atoms with Gasteiger partial charge in [0.2, 0.25) is 5.91 Å². The lowest BCUT2D eigenvalue weighted by Gasteiger charge is -2.29. The van der Waals surface area contributed by atoms with E-state index in [-0.39, 0.29) is 17.7 Å². The van der Waals surface area contributed by atoms with Crippen molar-refractivity contribution in [2.45, 2.75) is 76.5 Å². The van der Waals surface area contributed by atoms with E-state index in [0.29, 0.717) is 11.2 Å². The second-order valence-corrected chi connectivity index (χ2v) is 11.4. The second kappa shape index (κ2) is 11.7. The zero-order chi connectivity index (χ0) is 24.9. The van der Waals surface area contributed by atoms with Gasteiger partial charge in [-0.25, -0.2) is 4.98 Å². The number of benzene rings is 1. The van der Waals surface area contributed by atoms with E-state index in [1.54, 1.807) is 0 Å². The van der Waals surface area contributed by atoms with Crippen molar-refractivity contribution in [3.63, 3.8) is 0 Å². The Morgan fingerprint density at radius 3 is 2.66 bits per heavy atom. The first kappa shape index (κ1) is 25.9. The standard InChI is InChI=1S/C26H36N6OS2/c1-6-22(31(4)5)24-29-30-26(32(24)20-10-8-7-9-11-20)35-16-23(33)28-25-27-21(15-34-25)19-13-12-17(2)18(3)14-19/h12-15,20,22H,6-11,16H2,1-5H3,(H,27,28,33)/t22-/m0/s1. The maximum absolute atomic E-state index is 12.8. The molecule has 2 aromatic heterocycles. The number of nitrogens with one attached hydrogen (secondary N) is 1. The highest BCUT2D eigenvalue weighted by Gasteiger charge is 2.28. The Kier molecular flexibility index (Phi) is 8.62. The van der Waals surface area contributed by atoms with E-state index < -0.39 is 0 Å². The van der Waals surface area contributed by atoms with E-state index in [1.165, 1.54) is 53.5 Å². The van der Waals surface area contributed by atoms with Crippen LogP contribution in [0.15, 0.2) is 28.7 Å². The van der Waals surface area contributed by atoms with Crippen LogP contribution in [0.25, 0.3) is 11.3 Å². The van der Waals surface area contributed by atoms with Gasteiger partial charge in [-0.2, -0.15) is 0 Å². The van der Waals surface area contributed by atoms with Crippen LogP contribution < -0.4 is 5.32 Å². The van der Waals surface area contributed by atoms with Gasteiger partial charge in [0, 0.05) is 17.0 Å². The molecule has 0 radical (unpaired) electrons. The molecular weight excluding hydrogens is 476 g/mol. The zero-order valence-electron chi connectivity index (χ0n) is 21.4. The number of aryl methyl sites for hydroxylation is 2. The number of thioether (sulfide) groups is 1. The molecule has 3 aromatic rings. The molecule has 1 fully saturated rings. The molecule has 0 spiro atoms. The van der Waals surface area contributed by atoms with Crippen LogP contribution in [0.3, 0.4) is 0 Å². The number of hydrogen-bond donors (Lipinski definition) is 1. The lowest BCUT2D eigenvalue weighted by atomic mass is 9.95. The molecule has 35 heavy (non-hydrogen) atoms. The molecule has 9 heteroatoms. The van der Waals surface area contributed by atoms with Gasteiger partial charge in [-0.3, -0.25) is 9.69 Å². The molecule has 1 aromatic carbocycles. The van der Waals surface area contributed by atoms with E-state index in [2.05, 4.69) is 83.0 Å². The quantitative estimate of drug-likeness (QED) is 0.341. The fourth-order valence-corrected chi connectivity index (χ4v) is 6.27. The third kappa shape index (κ3) is 6.13. The molecule has 0 unspecified atom stereocenters. The largest absolute Gasteiger partial charge is 0.302 e. The molecule has 0 saturated heterocycles. The van der Waals surface area contributed by atoms with E-state index in [1.807, 2.05) is 5.38 Å². The summed E-state index contributed by atoms with van der Waals surface area (Å²) < 4.78 is 2.33. The van der Waals surface area contributed by atoms with Crippen LogP contribution in [0, 0.1) is 13.8 Å². The summed E-state index contributed by atoms with van der Waals surface area (Å²) in [7, 11) is 4.18. The van der Waals surface area contributed by atoms with Crippen molar-refractivity contribution in [1.82, 2.24) is 24.6 Å². The molecule has 1 atom stereocenters. The van der Waals surface area contributed by atoms with Crippen molar-refractivity contribution in [3.8, 4) is 11.3 Å². The van der Waals surface area contributed by atoms with Crippen LogP contribution in [-0.2, 0) is 4.79 Å². The Bertz CT molecular complexity index is 1150. The molecule has 2 heterocycles. The van der Waals surface area contributed by atoms with Gasteiger partial charge < -0.3 is 9.88 Å². The Labute approximate surface area is 216 Å². The first-order valence-corrected chi connectivity index (χ1v) is 14.3. The Morgan fingerprint density at radius 1 is 1.20 bits per heavy atom. The first-order valence-electron chi connectivity index (χ1n) is 12.4. The number of anilines is 1. The minimum absolute atomic E-state index is 0.0737. The second-order valence-electron chi connectivity index (χ2n) is 9.56. The monoisotopic (exact) mass is 512 g/mol. The number of rotatable bonds is 9. The van der Waals surface area contributed by atoms with Crippen LogP contribution in [0.5, 0.6) is 0 Å². The third-order valence-electron chi connectivity index (χ3n) is 6.82. The number of aromatic nitrogens is 4. The predicted molar refractivity (Wildman–Crippen MR) is 145 cm³/mol. The Hall–Kier alpha value is -2.23. The normalized spacial score (nSPS) is 15.5. The topological polar surface area (TPSA) is 75.9 Å². The Balaban J connectivity index is 1.44. The van der Waals surface area contributed by atoms with Crippen molar-refractivity contribution in [3.05, 3.63) is 40.5 Å². The summed E-state index contributed by atoms with van der Waals surface area (Å²) in [4.78, 5) is 19.6. The van der Waals surface area contributed by atoms with Gasteiger partial charge >= 0.3 is 0 Å². The van der Waals surface area contributed by atoms with Gasteiger partial charge in [0.1, 0.15) is 0 Å². The van der Waals surface area contributed by atoms with Crippen LogP contribution in [0.1, 0.15) is 74.5 Å². The minimum Gasteiger partial charge on any atom is -0.302 e. The molecule has 7 nitrogen and oxygen atoms in total. The molecule has 4 rings (SSSR count). The number of carbonyl (C=O) groups excluding carboxylic acids is 1. The fraction of sp³-hybridized carbons (Fsp3) is 0.538. The Morgan fingerprint density at radius 2 is 1.97 bits per heavy atom. The highest BCUT2D eigenvalue weighted by molar-refractivity contribution is 7.99. The molecule has 0 bridgehead atoms. The lowest BCUT2D eigenvalue weighted by molar-refractivity contribution is -0.113. The highest BCUT2D eigenvalue weighted by atomic mass is 32.2. The van der Waals surface area contributed by atoms with Crippen molar-refractivity contribution in [2.24, 2.45) is 0 Å². The summed E-state index contributed by atoms with van der Waals surface area (Å²) in [5, 5.41) is 15.6. The molecule has 1 amide bonds. The van der Waals surface area contributed by atoms with Gasteiger partial charge in [-0.1, -0.05) is 50.1 Å². The number of hydrogen-bond acceptors (Lipinski definition) is 7. The van der Waals surface area contributed by atoms with Crippen molar-refractivity contribution >= 4 is 34.1 Å². The number of thiazole rings is 1. The van der Waals surface area contributed by atoms with E-state index in [0.717, 1.165) is 41.5 Å². The first-order chi connectivity index (χ1) is 16.9. The number of carbonyl (C=O) groups is 1. The SMILES string of the molecule is CC[C@@H](c1nnc(SCC(=O)Nc2nc(-c3ccc(C)c(C)c3)cs2)n1C1CCCCC1)N(C)C. The average molecular weight is 513 g/mol. The van der Waals surface area contributed by atoms with Crippen molar-refractivity contribution in [2.75, 3.05) is 25.2 Å². The van der Waals surface area contributed by atoms with Crippen molar-refractivity contribution < 1.29 is 4.79 Å². The maximum Gasteiger partial charge on any atom is 0.236 e. The van der Waals surface area contributed by atoms with Gasteiger partial charge in [0.25, 0.3) is 0 Å². The predicted octanol–water partition coefficient (Wildman–Crippen LogP) is 6.27. The van der Waals surface area contributed by atoms with Gasteiger partial charge in [0.15, 0.2) is 16.1 Å². The summed E-state index contributed by atoms with van der Waals surface area (Å²) in [5.41, 5.74) is 4.45. The summed E-state index contributed by atoms with van der Waals surface area (Å²) in [6.07, 6.45) is 7.03. The van der Waals surface area contributed by atoms with Gasteiger partial charge in [-0.05, 0) is 64.4 Å². The average Bonchev–Trinajstić information content (AvgIpc) is 3.48.